The highest BCUT2D eigenvalue weighted by atomic mass is 32.1. The van der Waals surface area contributed by atoms with E-state index in [1.807, 2.05) is 11.3 Å². The normalized spacial score (nSPS) is 26.9. The third-order valence-electron chi connectivity index (χ3n) is 5.16. The van der Waals surface area contributed by atoms with Crippen LogP contribution in [0.1, 0.15) is 49.1 Å². The van der Waals surface area contributed by atoms with Crippen LogP contribution >= 0.6 is 11.3 Å². The lowest BCUT2D eigenvalue weighted by molar-refractivity contribution is -0.150. The van der Waals surface area contributed by atoms with Crippen molar-refractivity contribution < 1.29 is 9.47 Å². The van der Waals surface area contributed by atoms with Crippen LogP contribution in [0.3, 0.4) is 0 Å². The molecule has 21 heavy (non-hydrogen) atoms. The quantitative estimate of drug-likeness (QED) is 0.922. The Morgan fingerprint density at radius 2 is 2.19 bits per heavy atom. The topological polar surface area (TPSA) is 30.5 Å². The Balaban J connectivity index is 1.77. The van der Waals surface area contributed by atoms with Gasteiger partial charge in [0.25, 0.3) is 0 Å². The van der Waals surface area contributed by atoms with Crippen molar-refractivity contribution in [2.75, 3.05) is 26.9 Å². The number of hydrogen-bond acceptors (Lipinski definition) is 4. The van der Waals surface area contributed by atoms with E-state index in [-0.39, 0.29) is 5.60 Å². The van der Waals surface area contributed by atoms with E-state index >= 15 is 0 Å². The van der Waals surface area contributed by atoms with Crippen LogP contribution in [0.25, 0.3) is 0 Å². The highest BCUT2D eigenvalue weighted by Gasteiger charge is 2.41. The Kier molecular flexibility index (Phi) is 4.99. The molecule has 118 valence electrons. The predicted octanol–water partition coefficient (Wildman–Crippen LogP) is 3.55. The summed E-state index contributed by atoms with van der Waals surface area (Å²) in [5, 5.41) is 5.83. The second-order valence-electron chi connectivity index (χ2n) is 6.33. The van der Waals surface area contributed by atoms with Gasteiger partial charge in [0.1, 0.15) is 0 Å². The molecule has 0 aromatic carbocycles. The molecule has 0 bridgehead atoms. The first-order chi connectivity index (χ1) is 10.3. The van der Waals surface area contributed by atoms with Gasteiger partial charge in [-0.3, -0.25) is 0 Å². The van der Waals surface area contributed by atoms with E-state index < -0.39 is 0 Å². The number of rotatable bonds is 4. The molecule has 1 N–H and O–H groups in total. The minimum atomic E-state index is 0.0832. The number of nitrogens with one attached hydrogen (secondary N) is 1. The van der Waals surface area contributed by atoms with E-state index in [1.54, 1.807) is 0 Å². The second-order valence-corrected chi connectivity index (χ2v) is 7.27. The van der Waals surface area contributed by atoms with Crippen LogP contribution in [0.15, 0.2) is 11.4 Å². The summed E-state index contributed by atoms with van der Waals surface area (Å²) in [6.07, 6.45) is 5.58. The first-order valence-corrected chi connectivity index (χ1v) is 9.11. The molecular weight excluding hydrogens is 282 g/mol. The molecule has 3 nitrogen and oxygen atoms in total. The maximum atomic E-state index is 6.20. The molecule has 2 aliphatic rings. The van der Waals surface area contributed by atoms with Crippen molar-refractivity contribution in [1.82, 2.24) is 5.32 Å². The minimum Gasteiger partial charge on any atom is -0.381 e. The van der Waals surface area contributed by atoms with Gasteiger partial charge in [-0.25, -0.2) is 0 Å². The summed E-state index contributed by atoms with van der Waals surface area (Å²) in [5.41, 5.74) is 1.59. The smallest absolute Gasteiger partial charge is 0.0729 e. The Bertz CT molecular complexity index is 448. The molecule has 0 saturated carbocycles. The van der Waals surface area contributed by atoms with Crippen LogP contribution in [-0.4, -0.2) is 32.5 Å². The van der Waals surface area contributed by atoms with Crippen LogP contribution in [0.4, 0.5) is 0 Å². The van der Waals surface area contributed by atoms with Crippen molar-refractivity contribution >= 4 is 11.3 Å². The van der Waals surface area contributed by atoms with Gasteiger partial charge < -0.3 is 14.8 Å². The van der Waals surface area contributed by atoms with Gasteiger partial charge in [0.05, 0.1) is 5.60 Å². The lowest BCUT2D eigenvalue weighted by Gasteiger charge is -2.45. The van der Waals surface area contributed by atoms with Crippen LogP contribution in [0.2, 0.25) is 0 Å². The highest BCUT2D eigenvalue weighted by Crippen LogP contribution is 2.43. The standard InChI is InChI=1S/C17H27NO2S/c1-3-13-5-11-21-16(13)15(18-2)14-4-8-20-17(12-14)6-9-19-10-7-17/h5,11,14-15,18H,3-4,6-10,12H2,1-2H3. The number of thiophene rings is 1. The van der Waals surface area contributed by atoms with Crippen molar-refractivity contribution in [2.45, 2.75) is 50.7 Å². The van der Waals surface area contributed by atoms with Crippen molar-refractivity contribution in [3.8, 4) is 0 Å². The molecule has 2 atom stereocenters. The van der Waals surface area contributed by atoms with Gasteiger partial charge in [0.2, 0.25) is 0 Å². The molecule has 1 aromatic rings. The lowest BCUT2D eigenvalue weighted by Crippen LogP contribution is -2.46. The van der Waals surface area contributed by atoms with Gasteiger partial charge in [-0.2, -0.15) is 0 Å². The van der Waals surface area contributed by atoms with Crippen molar-refractivity contribution in [3.05, 3.63) is 21.9 Å². The Labute approximate surface area is 132 Å². The molecule has 4 heteroatoms. The summed E-state index contributed by atoms with van der Waals surface area (Å²) in [7, 11) is 2.11. The van der Waals surface area contributed by atoms with E-state index in [2.05, 4.69) is 30.7 Å². The maximum Gasteiger partial charge on any atom is 0.0729 e. The number of hydrogen-bond donors (Lipinski definition) is 1. The van der Waals surface area contributed by atoms with E-state index in [0.717, 1.165) is 45.5 Å². The molecule has 0 amide bonds. The Morgan fingerprint density at radius 1 is 1.38 bits per heavy atom. The summed E-state index contributed by atoms with van der Waals surface area (Å²) < 4.78 is 11.7. The molecule has 1 spiro atoms. The maximum absolute atomic E-state index is 6.20. The first kappa shape index (κ1) is 15.5. The predicted molar refractivity (Wildman–Crippen MR) is 87.0 cm³/mol. The zero-order valence-corrected chi connectivity index (χ0v) is 14.0. The molecule has 3 heterocycles. The first-order valence-electron chi connectivity index (χ1n) is 8.23. The Morgan fingerprint density at radius 3 is 2.90 bits per heavy atom. The van der Waals surface area contributed by atoms with Gasteiger partial charge in [0.15, 0.2) is 0 Å². The fraction of sp³-hybridized carbons (Fsp3) is 0.765. The summed E-state index contributed by atoms with van der Waals surface area (Å²) in [4.78, 5) is 1.54. The molecule has 2 saturated heterocycles. The fourth-order valence-corrected chi connectivity index (χ4v) is 5.13. The Hall–Kier alpha value is -0.420. The zero-order chi connectivity index (χ0) is 14.7. The molecule has 0 aliphatic carbocycles. The average Bonchev–Trinajstić information content (AvgIpc) is 2.97. The van der Waals surface area contributed by atoms with Crippen molar-refractivity contribution in [1.29, 1.82) is 0 Å². The third kappa shape index (κ3) is 3.19. The highest BCUT2D eigenvalue weighted by molar-refractivity contribution is 7.10. The van der Waals surface area contributed by atoms with E-state index in [4.69, 9.17) is 9.47 Å². The second kappa shape index (κ2) is 6.78. The van der Waals surface area contributed by atoms with Crippen LogP contribution < -0.4 is 5.32 Å². The van der Waals surface area contributed by atoms with Crippen LogP contribution in [0.5, 0.6) is 0 Å². The van der Waals surface area contributed by atoms with E-state index in [0.29, 0.717) is 12.0 Å². The molecular formula is C17H27NO2S. The molecule has 1 aromatic heterocycles. The van der Waals surface area contributed by atoms with Crippen molar-refractivity contribution in [2.24, 2.45) is 5.92 Å². The van der Waals surface area contributed by atoms with E-state index in [1.165, 1.54) is 16.9 Å². The third-order valence-corrected chi connectivity index (χ3v) is 6.20. The van der Waals surface area contributed by atoms with Gasteiger partial charge in [-0.1, -0.05) is 6.92 Å². The summed E-state index contributed by atoms with van der Waals surface area (Å²) >= 11 is 1.91. The average molecular weight is 309 g/mol. The molecule has 2 unspecified atom stereocenters. The monoisotopic (exact) mass is 309 g/mol. The zero-order valence-electron chi connectivity index (χ0n) is 13.2. The van der Waals surface area contributed by atoms with Crippen LogP contribution in [0, 0.1) is 5.92 Å². The van der Waals surface area contributed by atoms with Gasteiger partial charge >= 0.3 is 0 Å². The summed E-state index contributed by atoms with van der Waals surface area (Å²) in [5.74, 6) is 0.672. The summed E-state index contributed by atoms with van der Waals surface area (Å²) in [6.45, 7) is 4.87. The summed E-state index contributed by atoms with van der Waals surface area (Å²) in [6, 6.07) is 2.76. The fourth-order valence-electron chi connectivity index (χ4n) is 3.94. The number of aryl methyl sites for hydroxylation is 1. The molecule has 2 fully saturated rings. The lowest BCUT2D eigenvalue weighted by atomic mass is 9.77. The molecule has 0 radical (unpaired) electrons. The van der Waals surface area contributed by atoms with Crippen molar-refractivity contribution in [3.63, 3.8) is 0 Å². The van der Waals surface area contributed by atoms with Crippen LogP contribution in [-0.2, 0) is 15.9 Å². The largest absolute Gasteiger partial charge is 0.381 e. The molecule has 2 aliphatic heterocycles. The minimum absolute atomic E-state index is 0.0832. The molecule has 3 rings (SSSR count). The van der Waals surface area contributed by atoms with Gasteiger partial charge in [0, 0.05) is 30.7 Å². The SMILES string of the molecule is CCc1ccsc1C(NC)C1CCOC2(CCOCC2)C1. The number of ether oxygens (including phenoxy) is 2. The van der Waals surface area contributed by atoms with Gasteiger partial charge in [-0.15, -0.1) is 11.3 Å². The van der Waals surface area contributed by atoms with E-state index in [9.17, 15) is 0 Å². The van der Waals surface area contributed by atoms with Gasteiger partial charge in [-0.05, 0) is 62.1 Å².